The van der Waals surface area contributed by atoms with Crippen molar-refractivity contribution >= 4 is 6.03 Å². The molecular formula is C13H19N5O. The molecule has 0 radical (unpaired) electrons. The van der Waals surface area contributed by atoms with Crippen molar-refractivity contribution in [2.45, 2.75) is 38.8 Å². The van der Waals surface area contributed by atoms with Gasteiger partial charge in [0.15, 0.2) is 0 Å². The first-order valence-corrected chi connectivity index (χ1v) is 6.60. The Balaban J connectivity index is 1.91. The maximum atomic E-state index is 12.2. The van der Waals surface area contributed by atoms with Gasteiger partial charge in [-0.1, -0.05) is 13.8 Å². The number of hydrogen-bond acceptors (Lipinski definition) is 4. The van der Waals surface area contributed by atoms with Crippen LogP contribution in [0.5, 0.6) is 0 Å². The number of nitriles is 1. The molecule has 1 N–H and O–H groups in total. The molecule has 1 saturated heterocycles. The molecule has 0 unspecified atom stereocenters. The van der Waals surface area contributed by atoms with E-state index in [1.165, 1.54) is 17.1 Å². The van der Waals surface area contributed by atoms with Crippen LogP contribution in [0.2, 0.25) is 0 Å². The first kappa shape index (κ1) is 13.6. The molecule has 6 heteroatoms. The molecule has 0 atom stereocenters. The van der Waals surface area contributed by atoms with Gasteiger partial charge in [0.25, 0.3) is 0 Å². The molecule has 1 aromatic heterocycles. The lowest BCUT2D eigenvalue weighted by Gasteiger charge is -2.33. The Morgan fingerprint density at radius 3 is 2.74 bits per heavy atom. The van der Waals surface area contributed by atoms with Gasteiger partial charge in [-0.2, -0.15) is 15.0 Å². The Labute approximate surface area is 113 Å². The fourth-order valence-electron chi connectivity index (χ4n) is 2.34. The molecule has 102 valence electrons. The summed E-state index contributed by atoms with van der Waals surface area (Å²) in [4.78, 5) is 13.9. The monoisotopic (exact) mass is 261 g/mol. The summed E-state index contributed by atoms with van der Waals surface area (Å²) in [6.45, 7) is 5.71. The van der Waals surface area contributed by atoms with Gasteiger partial charge in [0.2, 0.25) is 0 Å². The number of aromatic nitrogens is 2. The van der Waals surface area contributed by atoms with Crippen LogP contribution in [-0.4, -0.2) is 45.9 Å². The van der Waals surface area contributed by atoms with Crippen molar-refractivity contribution < 1.29 is 4.79 Å². The van der Waals surface area contributed by atoms with Gasteiger partial charge >= 0.3 is 6.03 Å². The van der Waals surface area contributed by atoms with Gasteiger partial charge in [-0.05, 0) is 12.8 Å². The second-order valence-corrected chi connectivity index (χ2v) is 5.15. The van der Waals surface area contributed by atoms with E-state index in [1.54, 1.807) is 4.90 Å². The topological polar surface area (TPSA) is 74.0 Å². The Kier molecular flexibility index (Phi) is 4.17. The predicted molar refractivity (Wildman–Crippen MR) is 70.6 cm³/mol. The van der Waals surface area contributed by atoms with E-state index in [2.05, 4.69) is 24.3 Å². The lowest BCUT2D eigenvalue weighted by Crippen LogP contribution is -2.47. The molecule has 1 amide bonds. The lowest BCUT2D eigenvalue weighted by molar-refractivity contribution is 0.173. The Hall–Kier alpha value is -1.87. The van der Waals surface area contributed by atoms with E-state index in [1.807, 2.05) is 6.07 Å². The van der Waals surface area contributed by atoms with Crippen molar-refractivity contribution in [3.63, 3.8) is 0 Å². The fourth-order valence-corrected chi connectivity index (χ4v) is 2.34. The van der Waals surface area contributed by atoms with E-state index in [-0.39, 0.29) is 6.03 Å². The highest BCUT2D eigenvalue weighted by Crippen LogP contribution is 2.12. The molecule has 0 aliphatic carbocycles. The molecular weight excluding hydrogens is 242 g/mol. The average molecular weight is 261 g/mol. The lowest BCUT2D eigenvalue weighted by atomic mass is 10.0. The number of nitrogens with one attached hydrogen (secondary N) is 1. The smallest absolute Gasteiger partial charge is 0.323 e. The first-order valence-electron chi connectivity index (χ1n) is 6.60. The third-order valence-corrected chi connectivity index (χ3v) is 3.24. The van der Waals surface area contributed by atoms with Crippen molar-refractivity contribution in [3.8, 4) is 6.07 Å². The largest absolute Gasteiger partial charge is 0.344 e. The summed E-state index contributed by atoms with van der Waals surface area (Å²) in [5.41, 5.74) is 0.407. The van der Waals surface area contributed by atoms with Gasteiger partial charge in [-0.3, -0.25) is 0 Å². The summed E-state index contributed by atoms with van der Waals surface area (Å²) in [5.74, 6) is 0. The van der Waals surface area contributed by atoms with Crippen LogP contribution in [0.1, 0.15) is 32.3 Å². The maximum Gasteiger partial charge on any atom is 0.344 e. The standard InChI is InChI=1S/C13H19N5O/c1-10(2)16-12-3-5-17(6-4-12)13(19)18-9-11(7-14)8-15-18/h8-10,12,16H,3-6H2,1-2H3. The van der Waals surface area contributed by atoms with Crippen LogP contribution < -0.4 is 5.32 Å². The van der Waals surface area contributed by atoms with E-state index in [0.29, 0.717) is 17.6 Å². The SMILES string of the molecule is CC(C)NC1CCN(C(=O)n2cc(C#N)cn2)CC1. The zero-order valence-electron chi connectivity index (χ0n) is 11.3. The summed E-state index contributed by atoms with van der Waals surface area (Å²) in [7, 11) is 0. The third-order valence-electron chi connectivity index (χ3n) is 3.24. The molecule has 0 aromatic carbocycles. The molecule has 1 aliphatic rings. The summed E-state index contributed by atoms with van der Waals surface area (Å²) < 4.78 is 1.24. The van der Waals surface area contributed by atoms with Crippen molar-refractivity contribution in [1.29, 1.82) is 5.26 Å². The summed E-state index contributed by atoms with van der Waals surface area (Å²) in [6, 6.07) is 2.77. The highest BCUT2D eigenvalue weighted by atomic mass is 16.2. The quantitative estimate of drug-likeness (QED) is 0.867. The number of carbonyl (C=O) groups is 1. The predicted octanol–water partition coefficient (Wildman–Crippen LogP) is 1.19. The van der Waals surface area contributed by atoms with Crippen molar-refractivity contribution in [1.82, 2.24) is 20.0 Å². The van der Waals surface area contributed by atoms with Crippen LogP contribution in [0.4, 0.5) is 4.79 Å². The summed E-state index contributed by atoms with van der Waals surface area (Å²) in [6.07, 6.45) is 4.79. The van der Waals surface area contributed by atoms with Crippen molar-refractivity contribution in [2.24, 2.45) is 0 Å². The Morgan fingerprint density at radius 1 is 1.53 bits per heavy atom. The van der Waals surface area contributed by atoms with E-state index < -0.39 is 0 Å². The molecule has 0 saturated carbocycles. The number of nitrogens with zero attached hydrogens (tertiary/aromatic N) is 4. The van der Waals surface area contributed by atoms with Gasteiger partial charge in [0, 0.05) is 25.2 Å². The van der Waals surface area contributed by atoms with E-state index in [0.717, 1.165) is 25.9 Å². The molecule has 1 aliphatic heterocycles. The minimum atomic E-state index is -0.149. The summed E-state index contributed by atoms with van der Waals surface area (Å²) in [5, 5.41) is 16.1. The van der Waals surface area contributed by atoms with Gasteiger partial charge < -0.3 is 10.2 Å². The van der Waals surface area contributed by atoms with Crippen molar-refractivity contribution in [3.05, 3.63) is 18.0 Å². The van der Waals surface area contributed by atoms with Gasteiger partial charge in [0.05, 0.1) is 18.0 Å². The zero-order chi connectivity index (χ0) is 13.8. The molecule has 6 nitrogen and oxygen atoms in total. The van der Waals surface area contributed by atoms with Crippen molar-refractivity contribution in [2.75, 3.05) is 13.1 Å². The zero-order valence-corrected chi connectivity index (χ0v) is 11.3. The minimum absolute atomic E-state index is 0.149. The Morgan fingerprint density at radius 2 is 2.21 bits per heavy atom. The number of amides is 1. The molecule has 1 fully saturated rings. The molecule has 1 aromatic rings. The Bertz CT molecular complexity index is 479. The van der Waals surface area contributed by atoms with Crippen LogP contribution in [0.15, 0.2) is 12.4 Å². The maximum absolute atomic E-state index is 12.2. The second-order valence-electron chi connectivity index (χ2n) is 5.15. The van der Waals surface area contributed by atoms with E-state index >= 15 is 0 Å². The highest BCUT2D eigenvalue weighted by molar-refractivity contribution is 5.76. The van der Waals surface area contributed by atoms with Crippen LogP contribution in [0.25, 0.3) is 0 Å². The number of likely N-dealkylation sites (tertiary alicyclic amines) is 1. The number of rotatable bonds is 2. The summed E-state index contributed by atoms with van der Waals surface area (Å²) >= 11 is 0. The molecule has 0 spiro atoms. The molecule has 2 rings (SSSR count). The van der Waals surface area contributed by atoms with Crippen LogP contribution in [-0.2, 0) is 0 Å². The number of carbonyl (C=O) groups excluding carboxylic acids is 1. The third kappa shape index (κ3) is 3.32. The first-order chi connectivity index (χ1) is 9.10. The molecule has 0 bridgehead atoms. The molecule has 2 heterocycles. The number of piperidine rings is 1. The van der Waals surface area contributed by atoms with Crippen LogP contribution in [0, 0.1) is 11.3 Å². The van der Waals surface area contributed by atoms with Gasteiger partial charge in [0.1, 0.15) is 6.07 Å². The number of hydrogen-bond donors (Lipinski definition) is 1. The van der Waals surface area contributed by atoms with E-state index in [4.69, 9.17) is 5.26 Å². The van der Waals surface area contributed by atoms with Crippen LogP contribution >= 0.6 is 0 Å². The van der Waals surface area contributed by atoms with Gasteiger partial charge in [-0.15, -0.1) is 0 Å². The average Bonchev–Trinajstić information content (AvgIpc) is 2.87. The van der Waals surface area contributed by atoms with E-state index in [9.17, 15) is 4.79 Å². The normalized spacial score (nSPS) is 16.6. The fraction of sp³-hybridized carbons (Fsp3) is 0.615. The second kappa shape index (κ2) is 5.85. The van der Waals surface area contributed by atoms with Crippen LogP contribution in [0.3, 0.4) is 0 Å². The van der Waals surface area contributed by atoms with Gasteiger partial charge in [-0.25, -0.2) is 4.79 Å². The molecule has 19 heavy (non-hydrogen) atoms. The minimum Gasteiger partial charge on any atom is -0.323 e. The highest BCUT2D eigenvalue weighted by Gasteiger charge is 2.24.